The maximum atomic E-state index is 13.4. The number of nitrogens with one attached hydrogen (secondary N) is 1. The van der Waals surface area contributed by atoms with E-state index in [0.29, 0.717) is 0 Å². The molecule has 8 nitrogen and oxygen atoms in total. The third-order valence-corrected chi connectivity index (χ3v) is 2.40. The summed E-state index contributed by atoms with van der Waals surface area (Å²) in [6.07, 6.45) is 0. The Morgan fingerprint density at radius 3 is 2.62 bits per heavy atom. The second-order valence-electron chi connectivity index (χ2n) is 3.96. The van der Waals surface area contributed by atoms with E-state index < -0.39 is 34.3 Å². The summed E-state index contributed by atoms with van der Waals surface area (Å²) in [7, 11) is 1.14. The summed E-state index contributed by atoms with van der Waals surface area (Å²) in [5.74, 6) is -2.28. The largest absolute Gasteiger partial charge is 0.491 e. The number of halogens is 1. The molecule has 0 aliphatic carbocycles. The smallest absolute Gasteiger partial charge is 0.331 e. The number of nitrogens with zero attached hydrogens (tertiary/aromatic N) is 1. The van der Waals surface area contributed by atoms with Gasteiger partial charge in [0.15, 0.2) is 6.04 Å². The van der Waals surface area contributed by atoms with Gasteiger partial charge in [-0.15, -0.1) is 0 Å². The van der Waals surface area contributed by atoms with E-state index in [1.54, 1.807) is 0 Å². The van der Waals surface area contributed by atoms with Gasteiger partial charge in [-0.3, -0.25) is 14.9 Å². The molecule has 1 atom stereocenters. The van der Waals surface area contributed by atoms with Crippen LogP contribution in [0.4, 0.5) is 10.1 Å². The van der Waals surface area contributed by atoms with Crippen molar-refractivity contribution in [3.05, 3.63) is 34.1 Å². The van der Waals surface area contributed by atoms with E-state index in [1.165, 1.54) is 13.0 Å². The molecule has 0 bridgehead atoms. The lowest BCUT2D eigenvalue weighted by atomic mass is 10.3. The monoisotopic (exact) mass is 300 g/mol. The minimum atomic E-state index is -1.06. The van der Waals surface area contributed by atoms with Crippen molar-refractivity contribution in [3.63, 3.8) is 0 Å². The number of esters is 1. The van der Waals surface area contributed by atoms with Crippen molar-refractivity contribution >= 4 is 17.6 Å². The van der Waals surface area contributed by atoms with Crippen LogP contribution >= 0.6 is 0 Å². The van der Waals surface area contributed by atoms with Crippen LogP contribution < -0.4 is 10.1 Å². The number of carbonyl (C=O) groups excluding carboxylic acids is 2. The molecule has 0 aliphatic heterocycles. The van der Waals surface area contributed by atoms with Crippen LogP contribution in [0.3, 0.4) is 0 Å². The molecule has 0 spiro atoms. The fourth-order valence-corrected chi connectivity index (χ4v) is 1.46. The quantitative estimate of drug-likeness (QED) is 0.473. The predicted octanol–water partition coefficient (Wildman–Crippen LogP) is 0.790. The number of rotatable bonds is 6. The molecule has 0 radical (unpaired) electrons. The van der Waals surface area contributed by atoms with Crippen LogP contribution in [0.5, 0.6) is 5.75 Å². The van der Waals surface area contributed by atoms with Gasteiger partial charge in [0.25, 0.3) is 0 Å². The predicted molar refractivity (Wildman–Crippen MR) is 68.2 cm³/mol. The fourth-order valence-electron chi connectivity index (χ4n) is 1.46. The fraction of sp³-hybridized carbons (Fsp3) is 0.333. The Bertz CT molecular complexity index is 563. The number of benzene rings is 1. The number of nitro benzene ring substituents is 1. The Balaban J connectivity index is 2.76. The highest BCUT2D eigenvalue weighted by Crippen LogP contribution is 2.22. The van der Waals surface area contributed by atoms with Crippen molar-refractivity contribution in [2.24, 2.45) is 0 Å². The highest BCUT2D eigenvalue weighted by Gasteiger charge is 2.21. The molecule has 1 rings (SSSR count). The summed E-state index contributed by atoms with van der Waals surface area (Å²) in [5, 5.41) is 12.8. The van der Waals surface area contributed by atoms with E-state index in [0.717, 1.165) is 19.2 Å². The first-order valence-corrected chi connectivity index (χ1v) is 5.76. The Hall–Kier alpha value is -2.71. The van der Waals surface area contributed by atoms with Gasteiger partial charge in [-0.25, -0.2) is 4.79 Å². The Labute approximate surface area is 119 Å². The molecule has 1 N–H and O–H groups in total. The highest BCUT2D eigenvalue weighted by molar-refractivity contribution is 5.83. The Morgan fingerprint density at radius 1 is 1.48 bits per heavy atom. The molecule has 1 aromatic carbocycles. The van der Waals surface area contributed by atoms with Gasteiger partial charge >= 0.3 is 11.7 Å². The zero-order valence-electron chi connectivity index (χ0n) is 11.3. The van der Waals surface area contributed by atoms with E-state index in [9.17, 15) is 24.1 Å². The van der Waals surface area contributed by atoms with Crippen molar-refractivity contribution in [2.45, 2.75) is 13.0 Å². The molecule has 0 aromatic heterocycles. The molecular formula is C12H13FN2O6. The number of carbonyl (C=O) groups is 2. The topological polar surface area (TPSA) is 108 Å². The first-order chi connectivity index (χ1) is 9.85. The highest BCUT2D eigenvalue weighted by atomic mass is 19.1. The molecule has 1 amide bonds. The minimum absolute atomic E-state index is 0.0163. The summed E-state index contributed by atoms with van der Waals surface area (Å²) in [6.45, 7) is 0.908. The normalized spacial score (nSPS) is 11.4. The number of hydrogen-bond donors (Lipinski definition) is 1. The third kappa shape index (κ3) is 4.71. The van der Waals surface area contributed by atoms with Crippen molar-refractivity contribution in [3.8, 4) is 5.75 Å². The molecule has 0 saturated heterocycles. The molecule has 9 heteroatoms. The average Bonchev–Trinajstić information content (AvgIpc) is 2.41. The van der Waals surface area contributed by atoms with Crippen molar-refractivity contribution in [1.29, 1.82) is 0 Å². The first-order valence-electron chi connectivity index (χ1n) is 5.76. The lowest BCUT2D eigenvalue weighted by Gasteiger charge is -2.16. The van der Waals surface area contributed by atoms with Gasteiger partial charge < -0.3 is 14.8 Å². The van der Waals surface area contributed by atoms with Gasteiger partial charge in [-0.2, -0.15) is 4.39 Å². The molecule has 21 heavy (non-hydrogen) atoms. The number of ether oxygens (including phenoxy) is 2. The zero-order chi connectivity index (χ0) is 16.0. The average molecular weight is 300 g/mol. The number of hydrogen-bond acceptors (Lipinski definition) is 6. The summed E-state index contributed by atoms with van der Waals surface area (Å²) in [6, 6.07) is 1.88. The molecule has 0 saturated carbocycles. The second-order valence-corrected chi connectivity index (χ2v) is 3.96. The summed E-state index contributed by atoms with van der Waals surface area (Å²) >= 11 is 0. The molecule has 1 aromatic rings. The zero-order valence-corrected chi connectivity index (χ0v) is 11.3. The lowest BCUT2D eigenvalue weighted by Crippen LogP contribution is -2.44. The van der Waals surface area contributed by atoms with Crippen LogP contribution in [0.15, 0.2) is 18.2 Å². The van der Waals surface area contributed by atoms with Gasteiger partial charge in [-0.1, -0.05) is 0 Å². The van der Waals surface area contributed by atoms with Crippen LogP contribution in [0, 0.1) is 15.9 Å². The molecule has 0 aliphatic rings. The number of amides is 1. The first kappa shape index (κ1) is 16.3. The van der Waals surface area contributed by atoms with Gasteiger partial charge in [0.2, 0.25) is 11.7 Å². The van der Waals surface area contributed by atoms with E-state index in [1.807, 2.05) is 0 Å². The van der Waals surface area contributed by atoms with Crippen LogP contribution in [0.1, 0.15) is 6.92 Å². The third-order valence-electron chi connectivity index (χ3n) is 2.40. The van der Waals surface area contributed by atoms with Crippen LogP contribution in [0.25, 0.3) is 0 Å². The maximum Gasteiger partial charge on any atom is 0.331 e. The Kier molecular flexibility index (Phi) is 5.58. The van der Waals surface area contributed by atoms with Crippen molar-refractivity contribution in [2.75, 3.05) is 13.7 Å². The maximum absolute atomic E-state index is 13.4. The van der Waals surface area contributed by atoms with Gasteiger partial charge in [0.05, 0.1) is 12.0 Å². The standard InChI is InChI=1S/C12H13FN2O6/c1-7(16)14-10(12(17)20-2)6-21-8-3-4-11(15(18)19)9(13)5-8/h3-5,10H,6H2,1-2H3,(H,14,16). The van der Waals surface area contributed by atoms with E-state index in [4.69, 9.17) is 4.74 Å². The summed E-state index contributed by atoms with van der Waals surface area (Å²) < 4.78 is 23.0. The lowest BCUT2D eigenvalue weighted by molar-refractivity contribution is -0.387. The molecule has 0 fully saturated rings. The van der Waals surface area contributed by atoms with Crippen LogP contribution in [-0.2, 0) is 14.3 Å². The van der Waals surface area contributed by atoms with Gasteiger partial charge in [0, 0.05) is 19.1 Å². The van der Waals surface area contributed by atoms with Crippen molar-refractivity contribution in [1.82, 2.24) is 5.32 Å². The SMILES string of the molecule is COC(=O)C(COc1ccc([N+](=O)[O-])c(F)c1)NC(C)=O. The van der Waals surface area contributed by atoms with Gasteiger partial charge in [0.1, 0.15) is 12.4 Å². The second kappa shape index (κ2) is 7.17. The number of methoxy groups -OCH3 is 1. The summed E-state index contributed by atoms with van der Waals surface area (Å²) in [4.78, 5) is 31.9. The van der Waals surface area contributed by atoms with Crippen LogP contribution in [-0.4, -0.2) is 36.6 Å². The molecular weight excluding hydrogens is 287 g/mol. The molecule has 114 valence electrons. The number of nitro groups is 1. The van der Waals surface area contributed by atoms with Crippen molar-refractivity contribution < 1.29 is 28.4 Å². The van der Waals surface area contributed by atoms with E-state index in [2.05, 4.69) is 10.1 Å². The van der Waals surface area contributed by atoms with E-state index >= 15 is 0 Å². The van der Waals surface area contributed by atoms with Crippen LogP contribution in [0.2, 0.25) is 0 Å². The molecule has 1 unspecified atom stereocenters. The molecule has 0 heterocycles. The van der Waals surface area contributed by atoms with Gasteiger partial charge in [-0.05, 0) is 6.07 Å². The minimum Gasteiger partial charge on any atom is -0.491 e. The Morgan fingerprint density at radius 2 is 2.14 bits per heavy atom. The summed E-state index contributed by atoms with van der Waals surface area (Å²) in [5.41, 5.74) is -0.686. The van der Waals surface area contributed by atoms with E-state index in [-0.39, 0.29) is 12.4 Å².